The summed E-state index contributed by atoms with van der Waals surface area (Å²) in [6.45, 7) is 3.28. The SMILES string of the molecule is [3H]C(=C)P=NBr. The molecule has 0 aliphatic rings. The lowest BCUT2D eigenvalue weighted by Crippen LogP contribution is -1.06. The molecule has 0 saturated heterocycles. The smallest absolute Gasteiger partial charge is 0.0788 e. The van der Waals surface area contributed by atoms with Crippen LogP contribution in [0.4, 0.5) is 0 Å². The Morgan fingerprint density at radius 3 is 3.00 bits per heavy atom. The molecule has 0 aliphatic heterocycles. The molecule has 28 valence electrons. The number of hydrogen-bond donors (Lipinski definition) is 0. The van der Waals surface area contributed by atoms with E-state index in [9.17, 15) is 0 Å². The highest BCUT2D eigenvalue weighted by Gasteiger charge is 1.46. The van der Waals surface area contributed by atoms with Gasteiger partial charge in [0.2, 0.25) is 0 Å². The zero-order valence-electron chi connectivity index (χ0n) is 3.48. The van der Waals surface area contributed by atoms with Gasteiger partial charge in [0, 0.05) is 8.37 Å². The molecule has 0 atom stereocenters. The number of rotatable bonds is 1. The van der Waals surface area contributed by atoms with Crippen molar-refractivity contribution in [3.8, 4) is 0 Å². The minimum atomic E-state index is 0.298. The van der Waals surface area contributed by atoms with Gasteiger partial charge in [-0.2, -0.15) is 3.77 Å². The number of halogens is 1. The zero-order valence-corrected chi connectivity index (χ0v) is 4.96. The van der Waals surface area contributed by atoms with Crippen molar-refractivity contribution in [2.45, 2.75) is 0 Å². The first-order valence-corrected chi connectivity index (χ1v) is 2.50. The Hall–Kier alpha value is 0.320. The summed E-state index contributed by atoms with van der Waals surface area (Å²) in [6, 6.07) is 0. The fourth-order valence-corrected chi connectivity index (χ4v) is 0.417. The minimum absolute atomic E-state index is 0.298. The van der Waals surface area contributed by atoms with Crippen molar-refractivity contribution in [1.29, 1.82) is 0 Å². The average Bonchev–Trinajstić information content (AvgIpc) is 1.35. The van der Waals surface area contributed by atoms with Crippen molar-refractivity contribution in [2.24, 2.45) is 3.77 Å². The summed E-state index contributed by atoms with van der Waals surface area (Å²) >= 11 is 2.78. The second-order valence-corrected chi connectivity index (χ2v) is 1.95. The first kappa shape index (κ1) is 3.51. The fourth-order valence-electron chi connectivity index (χ4n) is 0.0267. The summed E-state index contributed by atoms with van der Waals surface area (Å²) in [6.07, 6.45) is 0. The van der Waals surface area contributed by atoms with Gasteiger partial charge in [-0.15, -0.1) is 0 Å². The van der Waals surface area contributed by atoms with Gasteiger partial charge in [-0.05, 0) is 5.79 Å². The highest BCUT2D eigenvalue weighted by Crippen LogP contribution is 2.01. The maximum absolute atomic E-state index is 6.65. The topological polar surface area (TPSA) is 12.4 Å². The predicted octanol–water partition coefficient (Wildman–Crippen LogP) is 2.57. The molecule has 0 spiro atoms. The lowest BCUT2D eigenvalue weighted by Gasteiger charge is -1.52. The van der Waals surface area contributed by atoms with Crippen LogP contribution in [-0.2, 0) is 0 Å². The highest BCUT2D eigenvalue weighted by atomic mass is 79.9. The van der Waals surface area contributed by atoms with Crippen LogP contribution in [0.25, 0.3) is 0 Å². The van der Waals surface area contributed by atoms with Crippen LogP contribution in [0.3, 0.4) is 0 Å². The summed E-state index contributed by atoms with van der Waals surface area (Å²) in [4.78, 5) is 0. The lowest BCUT2D eigenvalue weighted by molar-refractivity contribution is 2.15. The molecule has 0 radical (unpaired) electrons. The Balaban J connectivity index is 3.30. The third-order valence-corrected chi connectivity index (χ3v) is 0.801. The van der Waals surface area contributed by atoms with Crippen LogP contribution in [0, 0.1) is 0 Å². The van der Waals surface area contributed by atoms with E-state index in [0.717, 1.165) is 0 Å². The summed E-state index contributed by atoms with van der Waals surface area (Å²) < 4.78 is 10.1. The molecule has 0 unspecified atom stereocenters. The Morgan fingerprint density at radius 1 is 2.40 bits per heavy atom. The van der Waals surface area contributed by atoms with E-state index in [1.165, 1.54) is 0 Å². The maximum Gasteiger partial charge on any atom is 0.0788 e. The standard InChI is InChI=1S/C2H3BrNP/c1-2-5-4-3/h2H,1H2/i2T. The molecule has 0 aromatic heterocycles. The molecule has 0 aliphatic carbocycles. The van der Waals surface area contributed by atoms with Crippen LogP contribution in [0.5, 0.6) is 0 Å². The van der Waals surface area contributed by atoms with Crippen LogP contribution in [0.1, 0.15) is 1.37 Å². The zero-order chi connectivity index (χ0) is 4.99. The molecule has 5 heavy (non-hydrogen) atoms. The molecule has 1 nitrogen and oxygen atoms in total. The normalized spacial score (nSPS) is 11.8. The quantitative estimate of drug-likeness (QED) is 0.514. The molecule has 0 aromatic rings. The summed E-state index contributed by atoms with van der Waals surface area (Å²) in [5.74, 6) is 0.298. The van der Waals surface area contributed by atoms with E-state index in [2.05, 4.69) is 26.5 Å². The Bertz CT molecular complexity index is 81.6. The van der Waals surface area contributed by atoms with Gasteiger partial charge in [-0.3, -0.25) is 0 Å². The molecule has 0 amide bonds. The molecule has 0 bridgehead atoms. The van der Waals surface area contributed by atoms with Crippen molar-refractivity contribution in [3.05, 3.63) is 12.4 Å². The van der Waals surface area contributed by atoms with Gasteiger partial charge in [0.05, 0.1) is 17.5 Å². The van der Waals surface area contributed by atoms with Crippen LogP contribution in [0.2, 0.25) is 0 Å². The molecule has 0 fully saturated rings. The summed E-state index contributed by atoms with van der Waals surface area (Å²) in [5.41, 5.74) is 0. The van der Waals surface area contributed by atoms with Gasteiger partial charge < -0.3 is 0 Å². The summed E-state index contributed by atoms with van der Waals surface area (Å²) in [7, 11) is 0.593. The largest absolute Gasteiger partial charge is 0.187 e. The Morgan fingerprint density at radius 2 is 3.00 bits per heavy atom. The summed E-state index contributed by atoms with van der Waals surface area (Å²) in [5, 5.41) is 0. The van der Waals surface area contributed by atoms with E-state index in [1.54, 1.807) is 0 Å². The molecule has 0 saturated carbocycles. The molecule has 0 heterocycles. The highest BCUT2D eigenvalue weighted by molar-refractivity contribution is 9.08. The molecular weight excluding hydrogens is 149 g/mol. The van der Waals surface area contributed by atoms with Crippen LogP contribution in [0.15, 0.2) is 16.1 Å². The van der Waals surface area contributed by atoms with E-state index in [-0.39, 0.29) is 0 Å². The van der Waals surface area contributed by atoms with Gasteiger partial charge >= 0.3 is 0 Å². The van der Waals surface area contributed by atoms with Gasteiger partial charge in [0.15, 0.2) is 0 Å². The van der Waals surface area contributed by atoms with E-state index >= 15 is 0 Å². The van der Waals surface area contributed by atoms with Crippen LogP contribution < -0.4 is 0 Å². The van der Waals surface area contributed by atoms with Crippen molar-refractivity contribution in [2.75, 3.05) is 0 Å². The van der Waals surface area contributed by atoms with Gasteiger partial charge in [-0.25, -0.2) is 0 Å². The van der Waals surface area contributed by atoms with Crippen LogP contribution in [-0.4, -0.2) is 0 Å². The molecule has 0 rings (SSSR count). The molecular formula is C2H3BrNP. The van der Waals surface area contributed by atoms with Crippen LogP contribution >= 0.6 is 24.5 Å². The first-order valence-electron chi connectivity index (χ1n) is 1.45. The van der Waals surface area contributed by atoms with Crippen molar-refractivity contribution in [3.63, 3.8) is 0 Å². The third-order valence-electron chi connectivity index (χ3n) is 0.109. The minimum Gasteiger partial charge on any atom is -0.187 e. The van der Waals surface area contributed by atoms with E-state index in [0.29, 0.717) is 14.2 Å². The lowest BCUT2D eigenvalue weighted by atomic mass is 11.3. The second kappa shape index (κ2) is 4.32. The predicted molar refractivity (Wildman–Crippen MR) is 28.5 cm³/mol. The average molecular weight is 154 g/mol. The first-order chi connectivity index (χ1) is 2.77. The second-order valence-electron chi connectivity index (χ2n) is 0.334. The fraction of sp³-hybridized carbons (Fsp3) is 0. The molecule has 3 heteroatoms. The van der Waals surface area contributed by atoms with Gasteiger partial charge in [-0.1, -0.05) is 6.58 Å². The number of nitrogens with zero attached hydrogens (tertiary/aromatic N) is 1. The Labute approximate surface area is 42.7 Å². The van der Waals surface area contributed by atoms with Crippen molar-refractivity contribution in [1.82, 2.24) is 0 Å². The van der Waals surface area contributed by atoms with E-state index < -0.39 is 0 Å². The van der Waals surface area contributed by atoms with E-state index in [4.69, 9.17) is 1.37 Å². The van der Waals surface area contributed by atoms with Gasteiger partial charge in [0.1, 0.15) is 0 Å². The maximum atomic E-state index is 6.65. The number of hydrogen-bond acceptors (Lipinski definition) is 1. The van der Waals surface area contributed by atoms with E-state index in [1.807, 2.05) is 0 Å². The molecule has 0 aromatic carbocycles. The Kier molecular flexibility index (Phi) is 3.03. The van der Waals surface area contributed by atoms with Crippen molar-refractivity contribution >= 4 is 24.5 Å². The monoisotopic (exact) mass is 153 g/mol. The van der Waals surface area contributed by atoms with Crippen molar-refractivity contribution < 1.29 is 1.37 Å². The third kappa shape index (κ3) is 4.32. The molecule has 0 N–H and O–H groups in total. The van der Waals surface area contributed by atoms with Gasteiger partial charge in [0.25, 0.3) is 0 Å².